The van der Waals surface area contributed by atoms with E-state index in [1.165, 1.54) is 0 Å². The number of hydrogen-bond donors (Lipinski definition) is 1. The van der Waals surface area contributed by atoms with Gasteiger partial charge < -0.3 is 14.8 Å². The quantitative estimate of drug-likeness (QED) is 0.778. The zero-order valence-electron chi connectivity index (χ0n) is 11.9. The predicted octanol–water partition coefficient (Wildman–Crippen LogP) is 3.95. The zero-order chi connectivity index (χ0) is 15.2. The molecule has 0 aliphatic carbocycles. The van der Waals surface area contributed by atoms with E-state index in [0.717, 1.165) is 9.26 Å². The summed E-state index contributed by atoms with van der Waals surface area (Å²) in [6.07, 6.45) is 0. The first kappa shape index (κ1) is 15.6. The Bertz CT molecular complexity index is 626. The van der Waals surface area contributed by atoms with Gasteiger partial charge >= 0.3 is 0 Å². The number of ether oxygens (including phenoxy) is 2. The Balaban J connectivity index is 2.17. The van der Waals surface area contributed by atoms with Crippen LogP contribution in [0.4, 0.5) is 5.69 Å². The van der Waals surface area contributed by atoms with Crippen LogP contribution in [0.25, 0.3) is 0 Å². The first-order chi connectivity index (χ1) is 10.1. The van der Waals surface area contributed by atoms with Crippen LogP contribution in [0.5, 0.6) is 11.5 Å². The average molecular weight is 397 g/mol. The number of hydrogen-bond acceptors (Lipinski definition) is 3. The van der Waals surface area contributed by atoms with Crippen LogP contribution in [-0.4, -0.2) is 19.6 Å². The van der Waals surface area contributed by atoms with Crippen LogP contribution in [0, 0.1) is 3.57 Å². The Hall–Kier alpha value is -1.76. The molecule has 21 heavy (non-hydrogen) atoms. The second kappa shape index (κ2) is 7.31. The smallest absolute Gasteiger partial charge is 0.255 e. The summed E-state index contributed by atoms with van der Waals surface area (Å²) in [5.41, 5.74) is 1.28. The van der Waals surface area contributed by atoms with E-state index >= 15 is 0 Å². The third-order valence-electron chi connectivity index (χ3n) is 2.83. The molecule has 0 atom stereocenters. The van der Waals surface area contributed by atoms with Crippen LogP contribution in [-0.2, 0) is 0 Å². The minimum absolute atomic E-state index is 0.183. The van der Waals surface area contributed by atoms with Gasteiger partial charge in [-0.1, -0.05) is 0 Å². The second-order valence-electron chi connectivity index (χ2n) is 4.26. The van der Waals surface area contributed by atoms with Crippen molar-refractivity contribution in [3.8, 4) is 11.5 Å². The molecule has 1 amide bonds. The van der Waals surface area contributed by atoms with Crippen LogP contribution in [0.15, 0.2) is 42.5 Å². The number of carbonyl (C=O) groups is 1. The highest BCUT2D eigenvalue weighted by molar-refractivity contribution is 14.1. The predicted molar refractivity (Wildman–Crippen MR) is 91.3 cm³/mol. The van der Waals surface area contributed by atoms with E-state index < -0.39 is 0 Å². The number of anilines is 1. The number of benzene rings is 2. The molecule has 2 aromatic rings. The summed E-state index contributed by atoms with van der Waals surface area (Å²) < 4.78 is 11.8. The molecular formula is C16H16INO3. The van der Waals surface area contributed by atoms with Gasteiger partial charge in [0.25, 0.3) is 5.91 Å². The van der Waals surface area contributed by atoms with E-state index in [4.69, 9.17) is 9.47 Å². The average Bonchev–Trinajstić information content (AvgIpc) is 2.50. The van der Waals surface area contributed by atoms with Gasteiger partial charge in [-0.25, -0.2) is 0 Å². The van der Waals surface area contributed by atoms with Crippen LogP contribution in [0.1, 0.15) is 17.3 Å². The maximum Gasteiger partial charge on any atom is 0.255 e. The highest BCUT2D eigenvalue weighted by atomic mass is 127. The van der Waals surface area contributed by atoms with Crippen molar-refractivity contribution in [3.05, 3.63) is 51.6 Å². The first-order valence-corrected chi connectivity index (χ1v) is 7.59. The van der Waals surface area contributed by atoms with Gasteiger partial charge in [-0.15, -0.1) is 0 Å². The van der Waals surface area contributed by atoms with Crippen molar-refractivity contribution < 1.29 is 14.3 Å². The van der Waals surface area contributed by atoms with Crippen molar-refractivity contribution in [2.45, 2.75) is 6.92 Å². The van der Waals surface area contributed by atoms with E-state index in [9.17, 15) is 4.79 Å². The molecule has 0 bridgehead atoms. The molecule has 0 aromatic heterocycles. The number of rotatable bonds is 5. The van der Waals surface area contributed by atoms with E-state index in [2.05, 4.69) is 27.9 Å². The van der Waals surface area contributed by atoms with Crippen molar-refractivity contribution in [3.63, 3.8) is 0 Å². The molecule has 4 nitrogen and oxygen atoms in total. The van der Waals surface area contributed by atoms with E-state index in [1.54, 1.807) is 25.3 Å². The number of nitrogens with one attached hydrogen (secondary N) is 1. The molecule has 0 radical (unpaired) electrons. The molecule has 2 aromatic carbocycles. The summed E-state index contributed by atoms with van der Waals surface area (Å²) in [5.74, 6) is 0.996. The van der Waals surface area contributed by atoms with Crippen molar-refractivity contribution in [1.29, 1.82) is 0 Å². The molecule has 2 rings (SSSR count). The van der Waals surface area contributed by atoms with Gasteiger partial charge in [-0.2, -0.15) is 0 Å². The van der Waals surface area contributed by atoms with Gasteiger partial charge in [0, 0.05) is 14.8 Å². The summed E-state index contributed by atoms with van der Waals surface area (Å²) in [7, 11) is 1.55. The van der Waals surface area contributed by atoms with Crippen LogP contribution in [0.3, 0.4) is 0 Å². The Morgan fingerprint density at radius 1 is 1.14 bits per heavy atom. The molecule has 1 N–H and O–H groups in total. The molecule has 0 saturated heterocycles. The minimum Gasteiger partial charge on any atom is -0.493 e. The lowest BCUT2D eigenvalue weighted by atomic mass is 10.2. The topological polar surface area (TPSA) is 47.6 Å². The highest BCUT2D eigenvalue weighted by Gasteiger charge is 2.11. The van der Waals surface area contributed by atoms with Gasteiger partial charge in [0.05, 0.1) is 13.7 Å². The van der Waals surface area contributed by atoms with E-state index in [1.807, 2.05) is 31.2 Å². The van der Waals surface area contributed by atoms with E-state index in [-0.39, 0.29) is 5.91 Å². The van der Waals surface area contributed by atoms with Gasteiger partial charge in [-0.3, -0.25) is 4.79 Å². The fourth-order valence-electron chi connectivity index (χ4n) is 1.82. The molecule has 5 heteroatoms. The molecule has 0 fully saturated rings. The molecule has 0 heterocycles. The summed E-state index contributed by atoms with van der Waals surface area (Å²) in [6.45, 7) is 2.45. The monoisotopic (exact) mass is 397 g/mol. The number of methoxy groups -OCH3 is 1. The molecule has 0 aliphatic heterocycles. The Morgan fingerprint density at radius 3 is 2.48 bits per heavy atom. The van der Waals surface area contributed by atoms with Gasteiger partial charge in [-0.05, 0) is 72.0 Å². The highest BCUT2D eigenvalue weighted by Crippen LogP contribution is 2.28. The summed E-state index contributed by atoms with van der Waals surface area (Å²) in [5, 5.41) is 2.85. The van der Waals surface area contributed by atoms with Crippen molar-refractivity contribution in [2.75, 3.05) is 19.0 Å². The van der Waals surface area contributed by atoms with E-state index in [0.29, 0.717) is 23.7 Å². The fraction of sp³-hybridized carbons (Fsp3) is 0.188. The number of carbonyl (C=O) groups excluding carboxylic acids is 1. The lowest BCUT2D eigenvalue weighted by molar-refractivity contribution is 0.102. The lowest BCUT2D eigenvalue weighted by Gasteiger charge is -2.11. The largest absolute Gasteiger partial charge is 0.493 e. The van der Waals surface area contributed by atoms with Crippen molar-refractivity contribution in [1.82, 2.24) is 0 Å². The SMILES string of the molecule is CCOc1ccc(C(=O)Nc2ccc(I)cc2)cc1OC. The zero-order valence-corrected chi connectivity index (χ0v) is 14.0. The number of amides is 1. The molecule has 0 unspecified atom stereocenters. The van der Waals surface area contributed by atoms with Crippen LogP contribution < -0.4 is 14.8 Å². The molecule has 0 aliphatic rings. The molecule has 0 saturated carbocycles. The molecular weight excluding hydrogens is 381 g/mol. The third kappa shape index (κ3) is 4.10. The maximum atomic E-state index is 12.2. The van der Waals surface area contributed by atoms with Crippen molar-refractivity contribution in [2.24, 2.45) is 0 Å². The van der Waals surface area contributed by atoms with Crippen LogP contribution in [0.2, 0.25) is 0 Å². The Morgan fingerprint density at radius 2 is 1.86 bits per heavy atom. The summed E-state index contributed by atoms with van der Waals surface area (Å²) in [6, 6.07) is 12.7. The normalized spacial score (nSPS) is 10.0. The minimum atomic E-state index is -0.183. The first-order valence-electron chi connectivity index (χ1n) is 6.51. The van der Waals surface area contributed by atoms with Gasteiger partial charge in [0.1, 0.15) is 0 Å². The van der Waals surface area contributed by atoms with Crippen LogP contribution >= 0.6 is 22.6 Å². The summed E-state index contributed by atoms with van der Waals surface area (Å²) >= 11 is 2.22. The summed E-state index contributed by atoms with van der Waals surface area (Å²) in [4.78, 5) is 12.2. The number of halogens is 1. The molecule has 0 spiro atoms. The Labute approximate surface area is 137 Å². The fourth-order valence-corrected chi connectivity index (χ4v) is 2.18. The van der Waals surface area contributed by atoms with Gasteiger partial charge in [0.2, 0.25) is 0 Å². The standard InChI is InChI=1S/C16H16INO3/c1-3-21-14-9-4-11(10-15(14)20-2)16(19)18-13-7-5-12(17)6-8-13/h4-10H,3H2,1-2H3,(H,18,19). The lowest BCUT2D eigenvalue weighted by Crippen LogP contribution is -2.12. The van der Waals surface area contributed by atoms with Crippen molar-refractivity contribution >= 4 is 34.2 Å². The second-order valence-corrected chi connectivity index (χ2v) is 5.51. The van der Waals surface area contributed by atoms with Gasteiger partial charge in [0.15, 0.2) is 11.5 Å². The Kier molecular flexibility index (Phi) is 5.44. The molecule has 110 valence electrons. The third-order valence-corrected chi connectivity index (χ3v) is 3.55. The maximum absolute atomic E-state index is 12.2.